The number of carbonyl (C=O) groups excluding carboxylic acids is 1. The van der Waals surface area contributed by atoms with E-state index >= 15 is 0 Å². The number of aryl methyl sites for hydroxylation is 1. The maximum Gasteiger partial charge on any atom is 0.320 e. The molecule has 3 aromatic heterocycles. The number of pyridine rings is 2. The summed E-state index contributed by atoms with van der Waals surface area (Å²) in [5.41, 5.74) is 5.60. The standard InChI is InChI=1S/C21H23N7O/c1-13-7-16(5-6-22-13)28-19-10-23-20(8-15(19)9-24-28)26-21(29)25-18-12-27(2)11-17(18)14-3-4-14/h5-10,18H,3-4,11-12H2,1-2H3,(H2,23,25,26,29)/t18-/m0/s1. The summed E-state index contributed by atoms with van der Waals surface area (Å²) in [6, 6.07) is 5.57. The molecule has 0 radical (unpaired) electrons. The maximum atomic E-state index is 12.5. The fourth-order valence-electron chi connectivity index (χ4n) is 3.94. The Labute approximate surface area is 168 Å². The largest absolute Gasteiger partial charge is 0.330 e. The summed E-state index contributed by atoms with van der Waals surface area (Å²) in [5.74, 6) is 0.507. The van der Waals surface area contributed by atoms with E-state index in [-0.39, 0.29) is 12.1 Å². The lowest BCUT2D eigenvalue weighted by atomic mass is 10.1. The molecule has 5 rings (SSSR count). The van der Waals surface area contributed by atoms with Crippen LogP contribution in [0.2, 0.25) is 0 Å². The quantitative estimate of drug-likeness (QED) is 0.673. The minimum Gasteiger partial charge on any atom is -0.330 e. The molecule has 1 saturated carbocycles. The molecule has 0 spiro atoms. The van der Waals surface area contributed by atoms with Crippen LogP contribution in [0, 0.1) is 6.92 Å². The minimum absolute atomic E-state index is 0.0823. The average molecular weight is 389 g/mol. The molecule has 0 aromatic carbocycles. The summed E-state index contributed by atoms with van der Waals surface area (Å²) in [6.07, 6.45) is 7.61. The molecule has 8 nitrogen and oxygen atoms in total. The van der Waals surface area contributed by atoms with Crippen molar-refractivity contribution >= 4 is 22.8 Å². The predicted octanol–water partition coefficient (Wildman–Crippen LogP) is 2.65. The zero-order valence-electron chi connectivity index (χ0n) is 16.5. The van der Waals surface area contributed by atoms with Crippen LogP contribution in [0.25, 0.3) is 16.6 Å². The first-order chi connectivity index (χ1) is 14.1. The highest BCUT2D eigenvalue weighted by atomic mass is 16.2. The fourth-order valence-corrected chi connectivity index (χ4v) is 3.94. The Bertz CT molecular complexity index is 1130. The van der Waals surface area contributed by atoms with Crippen LogP contribution in [0.3, 0.4) is 0 Å². The summed E-state index contributed by atoms with van der Waals surface area (Å²) in [7, 11) is 2.08. The highest BCUT2D eigenvalue weighted by molar-refractivity contribution is 5.91. The van der Waals surface area contributed by atoms with Crippen molar-refractivity contribution in [1.82, 2.24) is 30.0 Å². The van der Waals surface area contributed by atoms with Crippen LogP contribution >= 0.6 is 0 Å². The van der Waals surface area contributed by atoms with Crippen LogP contribution in [0.4, 0.5) is 10.6 Å². The summed E-state index contributed by atoms with van der Waals surface area (Å²) in [4.78, 5) is 23.4. The topological polar surface area (TPSA) is 88.0 Å². The third-order valence-corrected chi connectivity index (χ3v) is 5.44. The minimum atomic E-state index is -0.229. The molecule has 2 amide bonds. The average Bonchev–Trinajstić information content (AvgIpc) is 3.34. The van der Waals surface area contributed by atoms with Crippen molar-refractivity contribution in [3.63, 3.8) is 0 Å². The van der Waals surface area contributed by atoms with Crippen LogP contribution in [0.5, 0.6) is 0 Å². The van der Waals surface area contributed by atoms with Gasteiger partial charge in [0.25, 0.3) is 0 Å². The van der Waals surface area contributed by atoms with Gasteiger partial charge in [-0.15, -0.1) is 0 Å². The van der Waals surface area contributed by atoms with Crippen LogP contribution in [0.15, 0.2) is 47.9 Å². The number of carbonyl (C=O) groups is 1. The lowest BCUT2D eigenvalue weighted by Gasteiger charge is -2.15. The van der Waals surface area contributed by atoms with Crippen LogP contribution < -0.4 is 10.6 Å². The van der Waals surface area contributed by atoms with Crippen LogP contribution in [0.1, 0.15) is 18.5 Å². The van der Waals surface area contributed by atoms with E-state index in [1.807, 2.05) is 29.8 Å². The predicted molar refractivity (Wildman–Crippen MR) is 111 cm³/mol. The Balaban J connectivity index is 1.32. The Kier molecular flexibility index (Phi) is 4.28. The van der Waals surface area contributed by atoms with Gasteiger partial charge in [-0.25, -0.2) is 14.5 Å². The molecule has 148 valence electrons. The first-order valence-electron chi connectivity index (χ1n) is 9.80. The number of hydrogen-bond acceptors (Lipinski definition) is 5. The zero-order valence-corrected chi connectivity index (χ0v) is 16.5. The molecule has 29 heavy (non-hydrogen) atoms. The molecule has 0 bridgehead atoms. The number of nitrogens with one attached hydrogen (secondary N) is 2. The third-order valence-electron chi connectivity index (χ3n) is 5.44. The van der Waals surface area contributed by atoms with E-state index in [4.69, 9.17) is 0 Å². The number of nitrogens with zero attached hydrogens (tertiary/aromatic N) is 5. The number of likely N-dealkylation sites (N-methyl/N-ethyl adjacent to an activating group) is 1. The van der Waals surface area contributed by atoms with Crippen molar-refractivity contribution in [3.8, 4) is 5.69 Å². The number of amides is 2. The number of aromatic nitrogens is 4. The van der Waals surface area contributed by atoms with Crippen molar-refractivity contribution in [2.75, 3.05) is 25.5 Å². The monoisotopic (exact) mass is 389 g/mol. The van der Waals surface area contributed by atoms with Gasteiger partial charge >= 0.3 is 6.03 Å². The molecule has 1 aliphatic heterocycles. The van der Waals surface area contributed by atoms with Gasteiger partial charge in [-0.1, -0.05) is 5.57 Å². The molecule has 3 aromatic rings. The van der Waals surface area contributed by atoms with E-state index < -0.39 is 0 Å². The molecular weight excluding hydrogens is 366 g/mol. The smallest absolute Gasteiger partial charge is 0.320 e. The second-order valence-corrected chi connectivity index (χ2v) is 7.82. The van der Waals surface area contributed by atoms with Crippen molar-refractivity contribution < 1.29 is 4.79 Å². The molecular formula is C21H23N7O. The van der Waals surface area contributed by atoms with Crippen LogP contribution in [-0.4, -0.2) is 56.9 Å². The van der Waals surface area contributed by atoms with Gasteiger partial charge in [0.1, 0.15) is 5.82 Å². The summed E-state index contributed by atoms with van der Waals surface area (Å²) < 4.78 is 1.82. The molecule has 1 saturated heterocycles. The van der Waals surface area contributed by atoms with Gasteiger partial charge in [0.15, 0.2) is 0 Å². The lowest BCUT2D eigenvalue weighted by Crippen LogP contribution is -2.40. The molecule has 2 aliphatic rings. The van der Waals surface area contributed by atoms with E-state index in [1.165, 1.54) is 24.0 Å². The van der Waals surface area contributed by atoms with Gasteiger partial charge in [0.05, 0.1) is 29.6 Å². The summed E-state index contributed by atoms with van der Waals surface area (Å²) in [5, 5.41) is 11.3. The zero-order chi connectivity index (χ0) is 20.0. The summed E-state index contributed by atoms with van der Waals surface area (Å²) in [6.45, 7) is 3.73. The number of likely N-dealkylation sites (tertiary alicyclic amines) is 1. The SMILES string of the molecule is Cc1cc(-n2ncc3cc(NC(=O)N[C@H]4CN(C)CC4=C4CC4)ncc32)ccn1. The van der Waals surface area contributed by atoms with Crippen molar-refractivity contribution in [2.45, 2.75) is 25.8 Å². The fraction of sp³-hybridized carbons (Fsp3) is 0.333. The van der Waals surface area contributed by atoms with Gasteiger partial charge in [0, 0.05) is 30.4 Å². The Hall–Kier alpha value is -3.26. The normalized spacial score (nSPS) is 19.0. The van der Waals surface area contributed by atoms with Gasteiger partial charge < -0.3 is 5.32 Å². The van der Waals surface area contributed by atoms with E-state index in [9.17, 15) is 4.79 Å². The van der Waals surface area contributed by atoms with E-state index in [0.29, 0.717) is 5.82 Å². The Morgan fingerprint density at radius 1 is 1.21 bits per heavy atom. The Morgan fingerprint density at radius 3 is 2.86 bits per heavy atom. The van der Waals surface area contributed by atoms with E-state index in [2.05, 4.69) is 37.6 Å². The second-order valence-electron chi connectivity index (χ2n) is 7.82. The van der Waals surface area contributed by atoms with E-state index in [0.717, 1.165) is 35.4 Å². The third kappa shape index (κ3) is 3.58. The number of urea groups is 1. The van der Waals surface area contributed by atoms with Crippen molar-refractivity contribution in [1.29, 1.82) is 0 Å². The number of anilines is 1. The number of allylic oxidation sites excluding steroid dienone is 1. The van der Waals surface area contributed by atoms with Gasteiger partial charge in [0.2, 0.25) is 0 Å². The molecule has 8 heteroatoms. The maximum absolute atomic E-state index is 12.5. The van der Waals surface area contributed by atoms with Crippen molar-refractivity contribution in [3.05, 3.63) is 53.6 Å². The number of fused-ring (bicyclic) bond motifs is 1. The van der Waals surface area contributed by atoms with Crippen LogP contribution in [-0.2, 0) is 0 Å². The first-order valence-corrected chi connectivity index (χ1v) is 9.80. The van der Waals surface area contributed by atoms with Gasteiger partial charge in [-0.3, -0.25) is 15.2 Å². The first kappa shape index (κ1) is 17.8. The molecule has 4 heterocycles. The van der Waals surface area contributed by atoms with Gasteiger partial charge in [-0.05, 0) is 50.6 Å². The molecule has 1 atom stereocenters. The van der Waals surface area contributed by atoms with E-state index in [1.54, 1.807) is 18.6 Å². The number of hydrogen-bond donors (Lipinski definition) is 2. The van der Waals surface area contributed by atoms with Gasteiger partial charge in [-0.2, -0.15) is 5.10 Å². The molecule has 2 N–H and O–H groups in total. The molecule has 0 unspecified atom stereocenters. The Morgan fingerprint density at radius 2 is 2.07 bits per heavy atom. The highest BCUT2D eigenvalue weighted by Crippen LogP contribution is 2.35. The second kappa shape index (κ2) is 6.97. The summed E-state index contributed by atoms with van der Waals surface area (Å²) >= 11 is 0. The lowest BCUT2D eigenvalue weighted by molar-refractivity contribution is 0.249. The number of rotatable bonds is 3. The van der Waals surface area contributed by atoms with Crippen molar-refractivity contribution in [2.24, 2.45) is 0 Å². The highest BCUT2D eigenvalue weighted by Gasteiger charge is 2.32. The molecule has 2 fully saturated rings. The molecule has 1 aliphatic carbocycles.